The lowest BCUT2D eigenvalue weighted by atomic mass is 10.1. The summed E-state index contributed by atoms with van der Waals surface area (Å²) in [5, 5.41) is 6.42. The molecule has 1 atom stereocenters. The highest BCUT2D eigenvalue weighted by Crippen LogP contribution is 2.22. The number of nitrogens with zero attached hydrogens (tertiary/aromatic N) is 2. The fourth-order valence-electron chi connectivity index (χ4n) is 2.40. The summed E-state index contributed by atoms with van der Waals surface area (Å²) < 4.78 is 0. The van der Waals surface area contributed by atoms with Crippen LogP contribution in [-0.2, 0) is 6.42 Å². The summed E-state index contributed by atoms with van der Waals surface area (Å²) in [7, 11) is 0. The summed E-state index contributed by atoms with van der Waals surface area (Å²) >= 11 is 1.87. The van der Waals surface area contributed by atoms with Gasteiger partial charge >= 0.3 is 0 Å². The van der Waals surface area contributed by atoms with E-state index in [2.05, 4.69) is 46.5 Å². The number of fused-ring (bicyclic) bond motifs is 1. The van der Waals surface area contributed by atoms with Gasteiger partial charge in [0.15, 0.2) is 5.17 Å². The second-order valence-corrected chi connectivity index (χ2v) is 6.25. The van der Waals surface area contributed by atoms with Crippen molar-refractivity contribution in [2.24, 2.45) is 4.99 Å². The van der Waals surface area contributed by atoms with Gasteiger partial charge in [-0.1, -0.05) is 43.0 Å². The van der Waals surface area contributed by atoms with Gasteiger partial charge in [-0.2, -0.15) is 0 Å². The maximum atomic E-state index is 4.53. The minimum Gasteiger partial charge on any atom is -0.365 e. The molecule has 3 nitrogen and oxygen atoms in total. The topological polar surface area (TPSA) is 37.3 Å². The molecule has 0 aliphatic carbocycles. The SMILES string of the molecule is CCC1CN=C(NCCc2cccc3cccnc23)S1. The van der Waals surface area contributed by atoms with Crippen molar-refractivity contribution >= 4 is 27.8 Å². The van der Waals surface area contributed by atoms with Crippen molar-refractivity contribution in [3.63, 3.8) is 0 Å². The molecule has 0 saturated heterocycles. The van der Waals surface area contributed by atoms with Crippen molar-refractivity contribution < 1.29 is 0 Å². The van der Waals surface area contributed by atoms with Gasteiger partial charge in [0, 0.05) is 23.4 Å². The first-order chi connectivity index (χ1) is 9.86. The van der Waals surface area contributed by atoms with Gasteiger partial charge in [0.25, 0.3) is 0 Å². The van der Waals surface area contributed by atoms with Crippen LogP contribution < -0.4 is 5.32 Å². The van der Waals surface area contributed by atoms with Crippen molar-refractivity contribution in [2.75, 3.05) is 13.1 Å². The van der Waals surface area contributed by atoms with Gasteiger partial charge in [-0.3, -0.25) is 9.98 Å². The Kier molecular flexibility index (Phi) is 4.21. The summed E-state index contributed by atoms with van der Waals surface area (Å²) in [5.41, 5.74) is 2.41. The van der Waals surface area contributed by atoms with E-state index in [1.807, 2.05) is 24.0 Å². The molecule has 2 aromatic rings. The number of aromatic nitrogens is 1. The lowest BCUT2D eigenvalue weighted by Gasteiger charge is -2.08. The van der Waals surface area contributed by atoms with Crippen molar-refractivity contribution in [3.05, 3.63) is 42.1 Å². The first-order valence-electron chi connectivity index (χ1n) is 7.14. The molecule has 104 valence electrons. The zero-order valence-corrected chi connectivity index (χ0v) is 12.5. The highest BCUT2D eigenvalue weighted by Gasteiger charge is 2.16. The zero-order valence-electron chi connectivity index (χ0n) is 11.7. The molecule has 0 bridgehead atoms. The van der Waals surface area contributed by atoms with Crippen molar-refractivity contribution in [1.29, 1.82) is 0 Å². The maximum Gasteiger partial charge on any atom is 0.156 e. The molecule has 2 heterocycles. The van der Waals surface area contributed by atoms with Crippen LogP contribution in [0.4, 0.5) is 0 Å². The standard InChI is InChI=1S/C16H19N3S/c1-2-14-11-19-16(20-14)18-10-8-13-6-3-5-12-7-4-9-17-15(12)13/h3-7,9,14H,2,8,10-11H2,1H3,(H,18,19). The molecule has 0 amide bonds. The molecule has 1 N–H and O–H groups in total. The number of rotatable bonds is 4. The third-order valence-corrected chi connectivity index (χ3v) is 4.87. The summed E-state index contributed by atoms with van der Waals surface area (Å²) in [6, 6.07) is 10.5. The van der Waals surface area contributed by atoms with Gasteiger partial charge < -0.3 is 5.32 Å². The molecule has 1 unspecified atom stereocenters. The number of pyridine rings is 1. The molecule has 4 heteroatoms. The number of hydrogen-bond acceptors (Lipinski definition) is 4. The molecule has 20 heavy (non-hydrogen) atoms. The minimum atomic E-state index is 0.664. The Labute approximate surface area is 123 Å². The molecule has 0 saturated carbocycles. The fraction of sp³-hybridized carbons (Fsp3) is 0.375. The lowest BCUT2D eigenvalue weighted by Crippen LogP contribution is -2.22. The number of amidine groups is 1. The van der Waals surface area contributed by atoms with Crippen molar-refractivity contribution in [3.8, 4) is 0 Å². The number of nitrogens with one attached hydrogen (secondary N) is 1. The van der Waals surface area contributed by atoms with E-state index in [0.717, 1.165) is 30.2 Å². The largest absolute Gasteiger partial charge is 0.365 e. The van der Waals surface area contributed by atoms with Gasteiger partial charge in [-0.15, -0.1) is 0 Å². The zero-order chi connectivity index (χ0) is 13.8. The molecule has 0 spiro atoms. The maximum absolute atomic E-state index is 4.53. The van der Waals surface area contributed by atoms with E-state index in [4.69, 9.17) is 0 Å². The second-order valence-electron chi connectivity index (χ2n) is 4.96. The number of aliphatic imine (C=N–C) groups is 1. The third kappa shape index (κ3) is 2.96. The average Bonchev–Trinajstić information content (AvgIpc) is 2.95. The number of para-hydroxylation sites is 1. The van der Waals surface area contributed by atoms with Crippen molar-refractivity contribution in [2.45, 2.75) is 25.0 Å². The van der Waals surface area contributed by atoms with Crippen LogP contribution in [0.1, 0.15) is 18.9 Å². The van der Waals surface area contributed by atoms with Gasteiger partial charge in [-0.25, -0.2) is 0 Å². The predicted octanol–water partition coefficient (Wildman–Crippen LogP) is 3.25. The third-order valence-electron chi connectivity index (χ3n) is 3.56. The van der Waals surface area contributed by atoms with Gasteiger partial charge in [-0.05, 0) is 24.5 Å². The van der Waals surface area contributed by atoms with Crippen LogP contribution in [-0.4, -0.2) is 28.5 Å². The molecule has 0 fully saturated rings. The Morgan fingerprint density at radius 3 is 3.05 bits per heavy atom. The molecule has 0 radical (unpaired) electrons. The fourth-order valence-corrected chi connectivity index (χ4v) is 3.37. The van der Waals surface area contributed by atoms with E-state index in [-0.39, 0.29) is 0 Å². The molecule has 3 rings (SSSR count). The van der Waals surface area contributed by atoms with Crippen LogP contribution in [0.25, 0.3) is 10.9 Å². The highest BCUT2D eigenvalue weighted by molar-refractivity contribution is 8.14. The van der Waals surface area contributed by atoms with Crippen LogP contribution in [0.5, 0.6) is 0 Å². The van der Waals surface area contributed by atoms with Crippen LogP contribution in [0.3, 0.4) is 0 Å². The van der Waals surface area contributed by atoms with Crippen LogP contribution in [0.2, 0.25) is 0 Å². The Hall–Kier alpha value is -1.55. The van der Waals surface area contributed by atoms with E-state index in [0.29, 0.717) is 5.25 Å². The number of thioether (sulfide) groups is 1. The first kappa shape index (κ1) is 13.4. The Bertz CT molecular complexity index is 619. The van der Waals surface area contributed by atoms with E-state index in [1.54, 1.807) is 0 Å². The number of benzene rings is 1. The molecule has 1 aromatic heterocycles. The lowest BCUT2D eigenvalue weighted by molar-refractivity contribution is 0.836. The number of hydrogen-bond donors (Lipinski definition) is 1. The quantitative estimate of drug-likeness (QED) is 0.937. The average molecular weight is 285 g/mol. The van der Waals surface area contributed by atoms with E-state index < -0.39 is 0 Å². The predicted molar refractivity (Wildman–Crippen MR) is 87.4 cm³/mol. The normalized spacial score (nSPS) is 18.2. The van der Waals surface area contributed by atoms with E-state index in [1.165, 1.54) is 17.4 Å². The minimum absolute atomic E-state index is 0.664. The van der Waals surface area contributed by atoms with E-state index >= 15 is 0 Å². The second kappa shape index (κ2) is 6.27. The van der Waals surface area contributed by atoms with Gasteiger partial charge in [0.05, 0.1) is 12.1 Å². The molecular weight excluding hydrogens is 266 g/mol. The first-order valence-corrected chi connectivity index (χ1v) is 8.02. The van der Waals surface area contributed by atoms with Crippen LogP contribution in [0.15, 0.2) is 41.5 Å². The molecule has 1 aliphatic rings. The summed E-state index contributed by atoms with van der Waals surface area (Å²) in [5.74, 6) is 0. The van der Waals surface area contributed by atoms with Crippen LogP contribution >= 0.6 is 11.8 Å². The monoisotopic (exact) mass is 285 g/mol. The molecular formula is C16H19N3S. The molecule has 1 aromatic carbocycles. The summed E-state index contributed by atoms with van der Waals surface area (Å²) in [6.45, 7) is 4.09. The van der Waals surface area contributed by atoms with Crippen molar-refractivity contribution in [1.82, 2.24) is 10.3 Å². The Morgan fingerprint density at radius 1 is 1.30 bits per heavy atom. The Balaban J connectivity index is 1.61. The van der Waals surface area contributed by atoms with E-state index in [9.17, 15) is 0 Å². The van der Waals surface area contributed by atoms with Crippen LogP contribution in [0, 0.1) is 0 Å². The van der Waals surface area contributed by atoms with Gasteiger partial charge in [0.1, 0.15) is 0 Å². The Morgan fingerprint density at radius 2 is 2.20 bits per heavy atom. The van der Waals surface area contributed by atoms with Gasteiger partial charge in [0.2, 0.25) is 0 Å². The summed E-state index contributed by atoms with van der Waals surface area (Å²) in [4.78, 5) is 9.03. The summed E-state index contributed by atoms with van der Waals surface area (Å²) in [6.07, 6.45) is 4.03. The smallest absolute Gasteiger partial charge is 0.156 e. The highest BCUT2D eigenvalue weighted by atomic mass is 32.2. The molecule has 1 aliphatic heterocycles.